The molecule has 10 heavy (non-hydrogen) atoms. The maximum atomic E-state index is 8.58. The first-order valence-electron chi connectivity index (χ1n) is 3.01. The molecule has 1 aliphatic rings. The molecular formula is C7H9N3. The van der Waals surface area contributed by atoms with Crippen LogP contribution in [0, 0.1) is 11.3 Å². The number of hydrogen-bond donors (Lipinski definition) is 2. The minimum Gasteiger partial charge on any atom is -0.322 e. The van der Waals surface area contributed by atoms with E-state index in [2.05, 4.69) is 0 Å². The van der Waals surface area contributed by atoms with Gasteiger partial charge in [-0.1, -0.05) is 18.2 Å². The number of nitrogens with zero attached hydrogens (tertiary/aromatic N) is 1. The third kappa shape index (κ3) is 0.947. The molecule has 3 heteroatoms. The van der Waals surface area contributed by atoms with Crippen LogP contribution in [-0.2, 0) is 0 Å². The lowest BCUT2D eigenvalue weighted by atomic mass is 9.90. The summed E-state index contributed by atoms with van der Waals surface area (Å²) < 4.78 is 0. The fraction of sp³-hybridized carbons (Fsp3) is 0.286. The molecule has 0 aromatic heterocycles. The summed E-state index contributed by atoms with van der Waals surface area (Å²) in [6.07, 6.45) is 6.83. The average molecular weight is 135 g/mol. The van der Waals surface area contributed by atoms with Gasteiger partial charge in [0.05, 0.1) is 12.1 Å². The number of nitriles is 1. The van der Waals surface area contributed by atoms with Gasteiger partial charge in [-0.05, 0) is 6.08 Å². The van der Waals surface area contributed by atoms with Crippen LogP contribution in [0.1, 0.15) is 0 Å². The Morgan fingerprint density at radius 3 is 2.60 bits per heavy atom. The van der Waals surface area contributed by atoms with Crippen LogP contribution in [-0.4, -0.2) is 11.6 Å². The molecule has 2 unspecified atom stereocenters. The summed E-state index contributed by atoms with van der Waals surface area (Å²) in [5.41, 5.74) is 10.1. The zero-order valence-electron chi connectivity index (χ0n) is 5.49. The lowest BCUT2D eigenvalue weighted by Crippen LogP contribution is -2.52. The molecule has 0 saturated carbocycles. The zero-order chi connectivity index (χ0) is 7.61. The van der Waals surface area contributed by atoms with Crippen LogP contribution in [0.5, 0.6) is 0 Å². The summed E-state index contributed by atoms with van der Waals surface area (Å²) in [6, 6.07) is 1.56. The Bertz CT molecular complexity index is 223. The molecule has 2 atom stereocenters. The minimum absolute atomic E-state index is 0.387. The SMILES string of the molecule is N#CC1(N)C=CC=CC1N. The number of nitrogens with two attached hydrogens (primary N) is 2. The van der Waals surface area contributed by atoms with E-state index < -0.39 is 5.54 Å². The van der Waals surface area contributed by atoms with Gasteiger partial charge in [-0.2, -0.15) is 5.26 Å². The van der Waals surface area contributed by atoms with Crippen molar-refractivity contribution in [2.24, 2.45) is 11.5 Å². The van der Waals surface area contributed by atoms with Gasteiger partial charge < -0.3 is 11.5 Å². The van der Waals surface area contributed by atoms with Crippen molar-refractivity contribution in [2.75, 3.05) is 0 Å². The lowest BCUT2D eigenvalue weighted by Gasteiger charge is -2.24. The van der Waals surface area contributed by atoms with Gasteiger partial charge in [0.2, 0.25) is 0 Å². The van der Waals surface area contributed by atoms with Crippen molar-refractivity contribution in [3.63, 3.8) is 0 Å². The van der Waals surface area contributed by atoms with Crippen LogP contribution in [0.25, 0.3) is 0 Å². The molecule has 0 saturated heterocycles. The normalized spacial score (nSPS) is 37.5. The smallest absolute Gasteiger partial charge is 0.141 e. The third-order valence-corrected chi connectivity index (χ3v) is 1.55. The fourth-order valence-corrected chi connectivity index (χ4v) is 0.781. The summed E-state index contributed by atoms with van der Waals surface area (Å²) in [5.74, 6) is 0. The Labute approximate surface area is 59.6 Å². The standard InChI is InChI=1S/C7H9N3/c8-5-7(10)4-2-1-3-6(7)9/h1-4,6H,9-10H2. The Hall–Kier alpha value is -1.11. The molecule has 0 fully saturated rings. The predicted molar refractivity (Wildman–Crippen MR) is 38.8 cm³/mol. The van der Waals surface area contributed by atoms with E-state index in [4.69, 9.17) is 16.7 Å². The molecule has 4 N–H and O–H groups in total. The van der Waals surface area contributed by atoms with Gasteiger partial charge in [-0.25, -0.2) is 0 Å². The molecule has 0 aromatic carbocycles. The molecule has 0 radical (unpaired) electrons. The van der Waals surface area contributed by atoms with Crippen molar-refractivity contribution in [3.8, 4) is 6.07 Å². The van der Waals surface area contributed by atoms with Crippen molar-refractivity contribution >= 4 is 0 Å². The molecule has 0 aromatic rings. The van der Waals surface area contributed by atoms with Crippen LogP contribution >= 0.6 is 0 Å². The van der Waals surface area contributed by atoms with Gasteiger partial charge in [0, 0.05) is 0 Å². The molecule has 1 rings (SSSR count). The van der Waals surface area contributed by atoms with Crippen LogP contribution < -0.4 is 11.5 Å². The van der Waals surface area contributed by atoms with Crippen LogP contribution in [0.3, 0.4) is 0 Å². The van der Waals surface area contributed by atoms with E-state index >= 15 is 0 Å². The van der Waals surface area contributed by atoms with E-state index in [1.54, 1.807) is 24.3 Å². The summed E-state index contributed by atoms with van der Waals surface area (Å²) >= 11 is 0. The van der Waals surface area contributed by atoms with Crippen molar-refractivity contribution in [1.29, 1.82) is 5.26 Å². The molecule has 3 nitrogen and oxygen atoms in total. The van der Waals surface area contributed by atoms with E-state index in [-0.39, 0.29) is 6.04 Å². The average Bonchev–Trinajstić information content (AvgIpc) is 1.96. The van der Waals surface area contributed by atoms with Gasteiger partial charge in [0.1, 0.15) is 5.54 Å². The van der Waals surface area contributed by atoms with E-state index in [9.17, 15) is 0 Å². The number of hydrogen-bond acceptors (Lipinski definition) is 3. The first-order chi connectivity index (χ1) is 4.69. The lowest BCUT2D eigenvalue weighted by molar-refractivity contribution is 0.583. The monoisotopic (exact) mass is 135 g/mol. The van der Waals surface area contributed by atoms with Gasteiger partial charge >= 0.3 is 0 Å². The van der Waals surface area contributed by atoms with E-state index in [0.717, 1.165) is 0 Å². The van der Waals surface area contributed by atoms with Gasteiger partial charge in [0.15, 0.2) is 0 Å². The predicted octanol–water partition coefficient (Wildman–Crippen LogP) is -0.339. The van der Waals surface area contributed by atoms with E-state index in [0.29, 0.717) is 0 Å². The molecule has 0 spiro atoms. The molecule has 1 aliphatic carbocycles. The third-order valence-electron chi connectivity index (χ3n) is 1.55. The van der Waals surface area contributed by atoms with Crippen molar-refractivity contribution in [1.82, 2.24) is 0 Å². The highest BCUT2D eigenvalue weighted by atomic mass is 14.8. The summed E-state index contributed by atoms with van der Waals surface area (Å²) in [6.45, 7) is 0. The fourth-order valence-electron chi connectivity index (χ4n) is 0.781. The summed E-state index contributed by atoms with van der Waals surface area (Å²) in [5, 5.41) is 8.58. The molecule has 0 bridgehead atoms. The van der Waals surface area contributed by atoms with Crippen molar-refractivity contribution in [3.05, 3.63) is 24.3 Å². The maximum Gasteiger partial charge on any atom is 0.141 e. The second-order valence-electron chi connectivity index (χ2n) is 2.31. The van der Waals surface area contributed by atoms with Gasteiger partial charge in [-0.15, -0.1) is 0 Å². The zero-order valence-corrected chi connectivity index (χ0v) is 5.49. The first kappa shape index (κ1) is 7.00. The van der Waals surface area contributed by atoms with E-state index in [1.807, 2.05) is 6.07 Å². The maximum absolute atomic E-state index is 8.58. The second kappa shape index (κ2) is 2.25. The quantitative estimate of drug-likeness (QED) is 0.477. The largest absolute Gasteiger partial charge is 0.322 e. The minimum atomic E-state index is -1.01. The first-order valence-corrected chi connectivity index (χ1v) is 3.01. The highest BCUT2D eigenvalue weighted by Crippen LogP contribution is 2.11. The Kier molecular flexibility index (Phi) is 1.58. The van der Waals surface area contributed by atoms with Crippen molar-refractivity contribution < 1.29 is 0 Å². The van der Waals surface area contributed by atoms with Crippen LogP contribution in [0.15, 0.2) is 24.3 Å². The Morgan fingerprint density at radius 1 is 1.50 bits per heavy atom. The Morgan fingerprint density at radius 2 is 2.20 bits per heavy atom. The van der Waals surface area contributed by atoms with Gasteiger partial charge in [0.25, 0.3) is 0 Å². The summed E-state index contributed by atoms with van der Waals surface area (Å²) in [7, 11) is 0. The van der Waals surface area contributed by atoms with Crippen molar-refractivity contribution in [2.45, 2.75) is 11.6 Å². The summed E-state index contributed by atoms with van der Waals surface area (Å²) in [4.78, 5) is 0. The topological polar surface area (TPSA) is 75.8 Å². The highest BCUT2D eigenvalue weighted by Gasteiger charge is 2.28. The number of allylic oxidation sites excluding steroid dienone is 2. The number of rotatable bonds is 0. The molecule has 0 amide bonds. The molecule has 0 aliphatic heterocycles. The van der Waals surface area contributed by atoms with E-state index in [1.165, 1.54) is 0 Å². The highest BCUT2D eigenvalue weighted by molar-refractivity contribution is 5.33. The Balaban J connectivity index is 2.91. The molecular weight excluding hydrogens is 126 g/mol. The van der Waals surface area contributed by atoms with Crippen LogP contribution in [0.4, 0.5) is 0 Å². The second-order valence-corrected chi connectivity index (χ2v) is 2.31. The van der Waals surface area contributed by atoms with Crippen LogP contribution in [0.2, 0.25) is 0 Å². The molecule has 52 valence electrons. The molecule has 0 heterocycles. The van der Waals surface area contributed by atoms with Gasteiger partial charge in [-0.3, -0.25) is 0 Å².